The third-order valence-electron chi connectivity index (χ3n) is 4.07. The first-order valence-corrected chi connectivity index (χ1v) is 9.98. The van der Waals surface area contributed by atoms with Crippen molar-refractivity contribution in [3.63, 3.8) is 0 Å². The zero-order chi connectivity index (χ0) is 21.0. The standard InChI is InChI=1S/C18H19N5O5S/c1-28-17-5-3-2-4-14(17)16(24)11-23-10-15(21-22-23)18(25)20-12-6-8-13(9-7-12)29(19,26)27/h2-10,16,24H,11H2,1H3,(H,20,25)(H2,19,26,27)/t16-/m1/s1. The van der Waals surface area contributed by atoms with Gasteiger partial charge in [-0.3, -0.25) is 4.79 Å². The van der Waals surface area contributed by atoms with E-state index in [4.69, 9.17) is 9.88 Å². The molecule has 0 saturated heterocycles. The lowest BCUT2D eigenvalue weighted by Gasteiger charge is -2.14. The van der Waals surface area contributed by atoms with Gasteiger partial charge < -0.3 is 15.2 Å². The Bertz CT molecular complexity index is 1110. The van der Waals surface area contributed by atoms with Gasteiger partial charge >= 0.3 is 0 Å². The Labute approximate surface area is 167 Å². The molecule has 0 aliphatic carbocycles. The SMILES string of the molecule is COc1ccccc1[C@H](O)Cn1cc(C(=O)Nc2ccc(S(N)(=O)=O)cc2)nn1. The van der Waals surface area contributed by atoms with E-state index < -0.39 is 22.0 Å². The van der Waals surface area contributed by atoms with Crippen molar-refractivity contribution in [2.75, 3.05) is 12.4 Å². The second-order valence-electron chi connectivity index (χ2n) is 6.11. The summed E-state index contributed by atoms with van der Waals surface area (Å²) in [6, 6.07) is 12.4. The Morgan fingerprint density at radius 2 is 1.93 bits per heavy atom. The van der Waals surface area contributed by atoms with Gasteiger partial charge in [0, 0.05) is 11.3 Å². The second kappa shape index (κ2) is 8.39. The predicted molar refractivity (Wildman–Crippen MR) is 104 cm³/mol. The third kappa shape index (κ3) is 4.96. The number of amides is 1. The van der Waals surface area contributed by atoms with Gasteiger partial charge in [-0.1, -0.05) is 23.4 Å². The van der Waals surface area contributed by atoms with Crippen molar-refractivity contribution >= 4 is 21.6 Å². The Morgan fingerprint density at radius 1 is 1.24 bits per heavy atom. The number of rotatable bonds is 7. The molecule has 0 aliphatic rings. The minimum absolute atomic E-state index is 0.0350. The highest BCUT2D eigenvalue weighted by molar-refractivity contribution is 7.89. The van der Waals surface area contributed by atoms with E-state index in [-0.39, 0.29) is 17.1 Å². The van der Waals surface area contributed by atoms with E-state index in [1.807, 2.05) is 0 Å². The summed E-state index contributed by atoms with van der Waals surface area (Å²) in [4.78, 5) is 12.2. The third-order valence-corrected chi connectivity index (χ3v) is 5.00. The number of methoxy groups -OCH3 is 1. The molecule has 152 valence electrons. The highest BCUT2D eigenvalue weighted by Crippen LogP contribution is 2.25. The summed E-state index contributed by atoms with van der Waals surface area (Å²) >= 11 is 0. The summed E-state index contributed by atoms with van der Waals surface area (Å²) in [5, 5.41) is 25.7. The number of primary sulfonamides is 1. The smallest absolute Gasteiger partial charge is 0.277 e. The highest BCUT2D eigenvalue weighted by Gasteiger charge is 2.17. The molecule has 3 rings (SSSR count). The maximum Gasteiger partial charge on any atom is 0.277 e. The van der Waals surface area contributed by atoms with Crippen molar-refractivity contribution in [3.8, 4) is 5.75 Å². The lowest BCUT2D eigenvalue weighted by atomic mass is 10.1. The molecule has 1 heterocycles. The second-order valence-corrected chi connectivity index (χ2v) is 7.67. The Kier molecular flexibility index (Phi) is 5.92. The largest absolute Gasteiger partial charge is 0.496 e. The van der Waals surface area contributed by atoms with Gasteiger partial charge in [-0.05, 0) is 30.3 Å². The number of carbonyl (C=O) groups is 1. The van der Waals surface area contributed by atoms with E-state index >= 15 is 0 Å². The molecule has 2 aromatic carbocycles. The molecule has 10 nitrogen and oxygen atoms in total. The van der Waals surface area contributed by atoms with Crippen LogP contribution >= 0.6 is 0 Å². The van der Waals surface area contributed by atoms with Crippen LogP contribution in [0.5, 0.6) is 5.75 Å². The van der Waals surface area contributed by atoms with Crippen LogP contribution in [0, 0.1) is 0 Å². The minimum Gasteiger partial charge on any atom is -0.496 e. The van der Waals surface area contributed by atoms with Gasteiger partial charge in [0.15, 0.2) is 5.69 Å². The number of hydrogen-bond acceptors (Lipinski definition) is 7. The van der Waals surface area contributed by atoms with Crippen LogP contribution in [0.3, 0.4) is 0 Å². The van der Waals surface area contributed by atoms with Crippen LogP contribution in [-0.2, 0) is 16.6 Å². The fourth-order valence-corrected chi connectivity index (χ4v) is 3.15. The Hall–Kier alpha value is -3.28. The number of para-hydroxylation sites is 1. The van der Waals surface area contributed by atoms with Gasteiger partial charge in [0.1, 0.15) is 11.9 Å². The van der Waals surface area contributed by atoms with E-state index in [0.717, 1.165) is 0 Å². The Morgan fingerprint density at radius 3 is 2.59 bits per heavy atom. The van der Waals surface area contributed by atoms with Gasteiger partial charge in [0.2, 0.25) is 10.0 Å². The summed E-state index contributed by atoms with van der Waals surface area (Å²) in [6.45, 7) is 0.0731. The lowest BCUT2D eigenvalue weighted by Crippen LogP contribution is -2.14. The maximum absolute atomic E-state index is 12.3. The summed E-state index contributed by atoms with van der Waals surface area (Å²) in [7, 11) is -2.29. The number of ether oxygens (including phenoxy) is 1. The van der Waals surface area contributed by atoms with Gasteiger partial charge in [-0.2, -0.15) is 0 Å². The molecule has 0 fully saturated rings. The first-order chi connectivity index (χ1) is 13.8. The van der Waals surface area contributed by atoms with E-state index in [1.165, 1.54) is 42.3 Å². The number of nitrogens with two attached hydrogens (primary N) is 1. The molecule has 29 heavy (non-hydrogen) atoms. The summed E-state index contributed by atoms with van der Waals surface area (Å²) < 4.78 is 29.1. The van der Waals surface area contributed by atoms with Crippen LogP contribution < -0.4 is 15.2 Å². The van der Waals surface area contributed by atoms with Crippen molar-refractivity contribution in [1.29, 1.82) is 0 Å². The Balaban J connectivity index is 1.67. The molecule has 0 unspecified atom stereocenters. The van der Waals surface area contributed by atoms with Gasteiger partial charge in [0.25, 0.3) is 5.91 Å². The predicted octanol–water partition coefficient (Wildman–Crippen LogP) is 0.920. The topological polar surface area (TPSA) is 149 Å². The molecule has 0 radical (unpaired) electrons. The van der Waals surface area contributed by atoms with Crippen molar-refractivity contribution in [2.24, 2.45) is 5.14 Å². The zero-order valence-electron chi connectivity index (χ0n) is 15.4. The van der Waals surface area contributed by atoms with E-state index in [1.54, 1.807) is 24.3 Å². The zero-order valence-corrected chi connectivity index (χ0v) is 16.2. The van der Waals surface area contributed by atoms with Crippen LogP contribution in [0.2, 0.25) is 0 Å². The highest BCUT2D eigenvalue weighted by atomic mass is 32.2. The maximum atomic E-state index is 12.3. The average Bonchev–Trinajstić information content (AvgIpc) is 3.16. The number of carbonyl (C=O) groups excluding carboxylic acids is 1. The van der Waals surface area contributed by atoms with Crippen molar-refractivity contribution in [3.05, 3.63) is 66.0 Å². The molecule has 1 aromatic heterocycles. The summed E-state index contributed by atoms with van der Waals surface area (Å²) in [5.41, 5.74) is 0.991. The minimum atomic E-state index is -3.81. The van der Waals surface area contributed by atoms with Crippen LogP contribution in [0.25, 0.3) is 0 Å². The normalized spacial score (nSPS) is 12.4. The number of hydrogen-bond donors (Lipinski definition) is 3. The van der Waals surface area contributed by atoms with Gasteiger partial charge in [0.05, 0.1) is 24.7 Å². The van der Waals surface area contributed by atoms with E-state index in [0.29, 0.717) is 17.0 Å². The van der Waals surface area contributed by atoms with E-state index in [2.05, 4.69) is 15.6 Å². The molecule has 1 atom stereocenters. The number of aliphatic hydroxyl groups is 1. The molecule has 1 amide bonds. The number of benzene rings is 2. The molecule has 11 heteroatoms. The van der Waals surface area contributed by atoms with Crippen LogP contribution in [0.15, 0.2) is 59.6 Å². The number of nitrogens with one attached hydrogen (secondary N) is 1. The molecule has 0 saturated carbocycles. The lowest BCUT2D eigenvalue weighted by molar-refractivity contribution is 0.102. The number of aromatic nitrogens is 3. The molecular formula is C18H19N5O5S. The average molecular weight is 417 g/mol. The van der Waals surface area contributed by atoms with Crippen molar-refractivity contribution in [2.45, 2.75) is 17.5 Å². The van der Waals surface area contributed by atoms with Gasteiger partial charge in [-0.25, -0.2) is 18.2 Å². The molecule has 0 spiro atoms. The molecule has 0 aliphatic heterocycles. The first-order valence-electron chi connectivity index (χ1n) is 8.43. The van der Waals surface area contributed by atoms with Crippen LogP contribution in [0.1, 0.15) is 22.2 Å². The monoisotopic (exact) mass is 417 g/mol. The van der Waals surface area contributed by atoms with Gasteiger partial charge in [-0.15, -0.1) is 5.10 Å². The number of anilines is 1. The van der Waals surface area contributed by atoms with Crippen LogP contribution in [0.4, 0.5) is 5.69 Å². The summed E-state index contributed by atoms with van der Waals surface area (Å²) in [6.07, 6.45) is 0.488. The first kappa shape index (κ1) is 20.5. The summed E-state index contributed by atoms with van der Waals surface area (Å²) in [5.74, 6) is 0.00686. The fourth-order valence-electron chi connectivity index (χ4n) is 2.63. The van der Waals surface area contributed by atoms with Crippen molar-refractivity contribution < 1.29 is 23.1 Å². The van der Waals surface area contributed by atoms with Crippen molar-refractivity contribution in [1.82, 2.24) is 15.0 Å². The molecular weight excluding hydrogens is 398 g/mol. The quantitative estimate of drug-likeness (QED) is 0.517. The number of sulfonamides is 1. The number of aliphatic hydroxyl groups excluding tert-OH is 1. The van der Waals surface area contributed by atoms with Crippen LogP contribution in [-0.4, -0.2) is 41.5 Å². The van der Waals surface area contributed by atoms with E-state index in [9.17, 15) is 18.3 Å². The molecule has 3 aromatic rings. The fraction of sp³-hybridized carbons (Fsp3) is 0.167. The molecule has 4 N–H and O–H groups in total. The molecule has 0 bridgehead atoms. The number of nitrogens with zero attached hydrogens (tertiary/aromatic N) is 3.